The zero-order valence-electron chi connectivity index (χ0n) is 11.0. The van der Waals surface area contributed by atoms with Crippen LogP contribution >= 0.6 is 11.8 Å². The predicted octanol–water partition coefficient (Wildman–Crippen LogP) is 1.40. The minimum absolute atomic E-state index is 0.0706. The number of aliphatic carboxylic acids is 1. The van der Waals surface area contributed by atoms with Crippen LogP contribution in [0.1, 0.15) is 12.0 Å². The van der Waals surface area contributed by atoms with Crippen molar-refractivity contribution in [3.05, 3.63) is 23.8 Å². The largest absolute Gasteiger partial charge is 0.481 e. The minimum Gasteiger partial charge on any atom is -0.481 e. The van der Waals surface area contributed by atoms with Crippen molar-refractivity contribution in [3.8, 4) is 0 Å². The van der Waals surface area contributed by atoms with E-state index in [1.807, 2.05) is 29.7 Å². The van der Waals surface area contributed by atoms with Crippen molar-refractivity contribution in [1.29, 1.82) is 0 Å². The van der Waals surface area contributed by atoms with E-state index in [1.54, 1.807) is 0 Å². The minimum atomic E-state index is -0.903. The maximum Gasteiger partial charge on any atom is 0.313 e. The Hall–Kier alpha value is -2.02. The highest BCUT2D eigenvalue weighted by Crippen LogP contribution is 2.25. The monoisotopic (exact) mass is 293 g/mol. The summed E-state index contributed by atoms with van der Waals surface area (Å²) in [5, 5.41) is 9.36. The average molecular weight is 293 g/mol. The standard InChI is InChI=1S/C13H15N3O3S/c1-8-2-3-9-10(6-8)16(5-4-11(14)17)13(15-9)20-7-12(18)19/h2-3,6H,4-5,7H2,1H3,(H2,14,17)(H,18,19). The number of rotatable bonds is 6. The summed E-state index contributed by atoms with van der Waals surface area (Å²) in [4.78, 5) is 26.1. The highest BCUT2D eigenvalue weighted by molar-refractivity contribution is 7.99. The van der Waals surface area contributed by atoms with E-state index in [4.69, 9.17) is 10.8 Å². The third kappa shape index (κ3) is 3.30. The first-order chi connectivity index (χ1) is 9.47. The topological polar surface area (TPSA) is 98.2 Å². The molecule has 0 aliphatic carbocycles. The third-order valence-electron chi connectivity index (χ3n) is 2.78. The van der Waals surface area contributed by atoms with Crippen LogP contribution in [0.4, 0.5) is 0 Å². The Morgan fingerprint density at radius 1 is 1.45 bits per heavy atom. The summed E-state index contributed by atoms with van der Waals surface area (Å²) in [6.07, 6.45) is 0.194. The molecule has 0 fully saturated rings. The van der Waals surface area contributed by atoms with Gasteiger partial charge < -0.3 is 15.4 Å². The number of aryl methyl sites for hydroxylation is 2. The molecule has 7 heteroatoms. The first-order valence-electron chi connectivity index (χ1n) is 6.07. The smallest absolute Gasteiger partial charge is 0.313 e. The fourth-order valence-corrected chi connectivity index (χ4v) is 2.65. The number of carbonyl (C=O) groups excluding carboxylic acids is 1. The van der Waals surface area contributed by atoms with Gasteiger partial charge in [0.2, 0.25) is 5.91 Å². The number of carbonyl (C=O) groups is 2. The molecule has 0 spiro atoms. The van der Waals surface area contributed by atoms with Crippen LogP contribution < -0.4 is 5.73 Å². The molecule has 20 heavy (non-hydrogen) atoms. The normalized spacial score (nSPS) is 10.8. The SMILES string of the molecule is Cc1ccc2nc(SCC(=O)O)n(CCC(N)=O)c2c1. The molecule has 3 N–H and O–H groups in total. The van der Waals surface area contributed by atoms with Gasteiger partial charge in [0, 0.05) is 13.0 Å². The van der Waals surface area contributed by atoms with Crippen LogP contribution in [-0.4, -0.2) is 32.3 Å². The second kappa shape index (κ2) is 5.96. The Bertz CT molecular complexity index is 666. The fraction of sp³-hybridized carbons (Fsp3) is 0.308. The fourth-order valence-electron chi connectivity index (χ4n) is 1.89. The Morgan fingerprint density at radius 3 is 2.85 bits per heavy atom. The van der Waals surface area contributed by atoms with E-state index < -0.39 is 11.9 Å². The van der Waals surface area contributed by atoms with Gasteiger partial charge in [-0.2, -0.15) is 0 Å². The Balaban J connectivity index is 2.40. The zero-order chi connectivity index (χ0) is 14.7. The molecule has 6 nitrogen and oxygen atoms in total. The number of imidazole rings is 1. The lowest BCUT2D eigenvalue weighted by Crippen LogP contribution is -2.14. The maximum absolute atomic E-state index is 11.0. The number of hydrogen-bond acceptors (Lipinski definition) is 4. The molecule has 1 heterocycles. The van der Waals surface area contributed by atoms with Crippen molar-refractivity contribution in [2.45, 2.75) is 25.0 Å². The highest BCUT2D eigenvalue weighted by atomic mass is 32.2. The number of carboxylic acids is 1. The number of carboxylic acid groups (broad SMARTS) is 1. The molecule has 1 aromatic carbocycles. The quantitative estimate of drug-likeness (QED) is 0.784. The molecule has 0 radical (unpaired) electrons. The lowest BCUT2D eigenvalue weighted by Gasteiger charge is -2.07. The summed E-state index contributed by atoms with van der Waals surface area (Å²) in [5.41, 5.74) is 7.93. The molecule has 0 atom stereocenters. The van der Waals surface area contributed by atoms with E-state index in [-0.39, 0.29) is 12.2 Å². The van der Waals surface area contributed by atoms with Crippen LogP contribution in [0.25, 0.3) is 11.0 Å². The Labute approximate surface area is 120 Å². The van der Waals surface area contributed by atoms with E-state index >= 15 is 0 Å². The van der Waals surface area contributed by atoms with E-state index in [1.165, 1.54) is 0 Å². The third-order valence-corrected chi connectivity index (χ3v) is 3.74. The van der Waals surface area contributed by atoms with Gasteiger partial charge in [-0.15, -0.1) is 0 Å². The van der Waals surface area contributed by atoms with Crippen LogP contribution in [0, 0.1) is 6.92 Å². The number of nitrogens with two attached hydrogens (primary N) is 1. The molecule has 0 aliphatic heterocycles. The van der Waals surface area contributed by atoms with Gasteiger partial charge in [-0.1, -0.05) is 17.8 Å². The van der Waals surface area contributed by atoms with Gasteiger partial charge in [-0.3, -0.25) is 9.59 Å². The van der Waals surface area contributed by atoms with Crippen molar-refractivity contribution in [2.75, 3.05) is 5.75 Å². The molecular weight excluding hydrogens is 278 g/mol. The second-order valence-corrected chi connectivity index (χ2v) is 5.38. The number of nitrogens with zero attached hydrogens (tertiary/aromatic N) is 2. The molecule has 2 aromatic rings. The number of hydrogen-bond donors (Lipinski definition) is 2. The molecule has 0 unspecified atom stereocenters. The highest BCUT2D eigenvalue weighted by Gasteiger charge is 2.13. The van der Waals surface area contributed by atoms with Crippen LogP contribution in [0.2, 0.25) is 0 Å². The molecule has 106 valence electrons. The number of fused-ring (bicyclic) bond motifs is 1. The molecule has 0 saturated carbocycles. The summed E-state index contributed by atoms with van der Waals surface area (Å²) in [7, 11) is 0. The van der Waals surface area contributed by atoms with Crippen molar-refractivity contribution in [1.82, 2.24) is 9.55 Å². The number of amides is 1. The zero-order valence-corrected chi connectivity index (χ0v) is 11.8. The lowest BCUT2D eigenvalue weighted by atomic mass is 10.2. The molecular formula is C13H15N3O3S. The molecule has 0 saturated heterocycles. The van der Waals surface area contributed by atoms with Gasteiger partial charge in [0.05, 0.1) is 16.8 Å². The number of benzene rings is 1. The van der Waals surface area contributed by atoms with Crippen LogP contribution in [0.5, 0.6) is 0 Å². The summed E-state index contributed by atoms with van der Waals surface area (Å²) in [6, 6.07) is 5.80. The molecule has 2 rings (SSSR count). The maximum atomic E-state index is 11.0. The van der Waals surface area contributed by atoms with Crippen LogP contribution in [0.15, 0.2) is 23.4 Å². The van der Waals surface area contributed by atoms with Crippen molar-refractivity contribution in [2.24, 2.45) is 5.73 Å². The average Bonchev–Trinajstić information content (AvgIpc) is 2.71. The van der Waals surface area contributed by atoms with E-state index in [9.17, 15) is 9.59 Å². The van der Waals surface area contributed by atoms with Gasteiger partial charge in [0.1, 0.15) is 0 Å². The summed E-state index contributed by atoms with van der Waals surface area (Å²) in [5.74, 6) is -1.37. The van der Waals surface area contributed by atoms with Gasteiger partial charge >= 0.3 is 5.97 Å². The van der Waals surface area contributed by atoms with E-state index in [0.717, 1.165) is 28.4 Å². The summed E-state index contributed by atoms with van der Waals surface area (Å²) < 4.78 is 1.85. The van der Waals surface area contributed by atoms with Crippen molar-refractivity contribution in [3.63, 3.8) is 0 Å². The predicted molar refractivity (Wildman–Crippen MR) is 76.6 cm³/mol. The molecule has 0 aliphatic rings. The number of aromatic nitrogens is 2. The first-order valence-corrected chi connectivity index (χ1v) is 7.05. The molecule has 1 aromatic heterocycles. The van der Waals surface area contributed by atoms with Gasteiger partial charge in [-0.25, -0.2) is 4.98 Å². The molecule has 0 bridgehead atoms. The van der Waals surface area contributed by atoms with Gasteiger partial charge in [-0.05, 0) is 24.6 Å². The van der Waals surface area contributed by atoms with Crippen molar-refractivity contribution < 1.29 is 14.7 Å². The first kappa shape index (κ1) is 14.4. The number of thioether (sulfide) groups is 1. The lowest BCUT2D eigenvalue weighted by molar-refractivity contribution is -0.134. The van der Waals surface area contributed by atoms with Gasteiger partial charge in [0.15, 0.2) is 5.16 Å². The molecule has 1 amide bonds. The van der Waals surface area contributed by atoms with E-state index in [0.29, 0.717) is 11.7 Å². The van der Waals surface area contributed by atoms with Crippen LogP contribution in [-0.2, 0) is 16.1 Å². The van der Waals surface area contributed by atoms with Crippen LogP contribution in [0.3, 0.4) is 0 Å². The Kier molecular flexibility index (Phi) is 4.29. The van der Waals surface area contributed by atoms with E-state index in [2.05, 4.69) is 4.98 Å². The van der Waals surface area contributed by atoms with Gasteiger partial charge in [0.25, 0.3) is 0 Å². The Morgan fingerprint density at radius 2 is 2.20 bits per heavy atom. The van der Waals surface area contributed by atoms with Crippen molar-refractivity contribution >= 4 is 34.7 Å². The second-order valence-electron chi connectivity index (χ2n) is 4.44. The summed E-state index contributed by atoms with van der Waals surface area (Å²) >= 11 is 1.14. The summed E-state index contributed by atoms with van der Waals surface area (Å²) in [6.45, 7) is 2.37. The number of primary amides is 1.